The van der Waals surface area contributed by atoms with Crippen LogP contribution in [0.2, 0.25) is 0 Å². The summed E-state index contributed by atoms with van der Waals surface area (Å²) in [5, 5.41) is 11.5. The molecular formula is C8H15N3O3. The molecule has 0 aromatic heterocycles. The van der Waals surface area contributed by atoms with Gasteiger partial charge in [0.1, 0.15) is 0 Å². The predicted octanol–water partition coefficient (Wildman–Crippen LogP) is -2.35. The van der Waals surface area contributed by atoms with Crippen molar-refractivity contribution in [1.82, 2.24) is 10.2 Å². The highest BCUT2D eigenvalue weighted by atomic mass is 16.3. The number of β-amino-alcohol motifs (C(OH)–C–C–N with tert-alkyl or cyclic N) is 1. The molecule has 2 amide bonds. The molecule has 0 aromatic rings. The third kappa shape index (κ3) is 2.68. The molecular weight excluding hydrogens is 186 g/mol. The third-order valence-corrected chi connectivity index (χ3v) is 2.07. The molecule has 6 nitrogen and oxygen atoms in total. The molecule has 1 saturated heterocycles. The van der Waals surface area contributed by atoms with Crippen LogP contribution in [-0.2, 0) is 9.59 Å². The summed E-state index contributed by atoms with van der Waals surface area (Å²) in [4.78, 5) is 23.9. The fourth-order valence-electron chi connectivity index (χ4n) is 1.33. The van der Waals surface area contributed by atoms with Gasteiger partial charge in [0.2, 0.25) is 0 Å². The summed E-state index contributed by atoms with van der Waals surface area (Å²) in [7, 11) is 0. The molecule has 0 aliphatic carbocycles. The Morgan fingerprint density at radius 2 is 2.29 bits per heavy atom. The molecule has 1 atom stereocenters. The third-order valence-electron chi connectivity index (χ3n) is 2.07. The van der Waals surface area contributed by atoms with Gasteiger partial charge in [0, 0.05) is 26.2 Å². The monoisotopic (exact) mass is 201 g/mol. The number of hydrogen-bond acceptors (Lipinski definition) is 4. The highest BCUT2D eigenvalue weighted by Gasteiger charge is 2.28. The summed E-state index contributed by atoms with van der Waals surface area (Å²) in [6.45, 7) is 1.29. The molecule has 14 heavy (non-hydrogen) atoms. The Kier molecular flexibility index (Phi) is 3.84. The van der Waals surface area contributed by atoms with Crippen molar-refractivity contribution in [3.05, 3.63) is 0 Å². The fourth-order valence-corrected chi connectivity index (χ4v) is 1.33. The topological polar surface area (TPSA) is 95.7 Å². The van der Waals surface area contributed by atoms with Crippen LogP contribution in [-0.4, -0.2) is 54.1 Å². The molecule has 4 N–H and O–H groups in total. The lowest BCUT2D eigenvalue weighted by Crippen LogP contribution is -2.43. The van der Waals surface area contributed by atoms with E-state index in [1.54, 1.807) is 0 Å². The molecule has 6 heteroatoms. The standard InChI is InChI=1S/C8H15N3O3/c9-2-3-10-7(13)8(14)11-4-1-6(12)5-11/h6,12H,1-5,9H2,(H,10,13)/t6-/m0/s1. The highest BCUT2D eigenvalue weighted by molar-refractivity contribution is 6.35. The molecule has 0 saturated carbocycles. The Bertz CT molecular complexity index is 232. The van der Waals surface area contributed by atoms with Crippen molar-refractivity contribution < 1.29 is 14.7 Å². The van der Waals surface area contributed by atoms with Gasteiger partial charge in [-0.2, -0.15) is 0 Å². The van der Waals surface area contributed by atoms with Gasteiger partial charge >= 0.3 is 11.8 Å². The van der Waals surface area contributed by atoms with Crippen molar-refractivity contribution in [2.24, 2.45) is 5.73 Å². The zero-order chi connectivity index (χ0) is 10.6. The number of carbonyl (C=O) groups excluding carboxylic acids is 2. The number of nitrogens with two attached hydrogens (primary N) is 1. The van der Waals surface area contributed by atoms with Crippen LogP contribution in [0.1, 0.15) is 6.42 Å². The summed E-state index contributed by atoms with van der Waals surface area (Å²) >= 11 is 0. The number of amides is 2. The van der Waals surface area contributed by atoms with E-state index >= 15 is 0 Å². The summed E-state index contributed by atoms with van der Waals surface area (Å²) in [6.07, 6.45) is 0.0388. The number of rotatable bonds is 2. The minimum absolute atomic E-state index is 0.245. The van der Waals surface area contributed by atoms with Crippen molar-refractivity contribution in [3.63, 3.8) is 0 Å². The zero-order valence-electron chi connectivity index (χ0n) is 7.90. The first-order chi connectivity index (χ1) is 6.65. The SMILES string of the molecule is NCCNC(=O)C(=O)N1CC[C@H](O)C1. The molecule has 0 aromatic carbocycles. The van der Waals surface area contributed by atoms with Gasteiger partial charge in [-0.05, 0) is 6.42 Å². The molecule has 0 unspecified atom stereocenters. The van der Waals surface area contributed by atoms with E-state index in [2.05, 4.69) is 5.32 Å². The second-order valence-electron chi connectivity index (χ2n) is 3.24. The molecule has 1 aliphatic rings. The maximum atomic E-state index is 11.4. The minimum atomic E-state index is -0.649. The largest absolute Gasteiger partial charge is 0.391 e. The van der Waals surface area contributed by atoms with Crippen LogP contribution >= 0.6 is 0 Å². The van der Waals surface area contributed by atoms with Gasteiger partial charge in [-0.15, -0.1) is 0 Å². The molecule has 0 radical (unpaired) electrons. The first kappa shape index (κ1) is 10.9. The van der Waals surface area contributed by atoms with Gasteiger partial charge in [-0.25, -0.2) is 0 Å². The molecule has 0 spiro atoms. The van der Waals surface area contributed by atoms with E-state index in [9.17, 15) is 9.59 Å². The van der Waals surface area contributed by atoms with Crippen LogP contribution in [0.4, 0.5) is 0 Å². The van der Waals surface area contributed by atoms with Crippen LogP contribution in [0.25, 0.3) is 0 Å². The Balaban J connectivity index is 2.37. The van der Waals surface area contributed by atoms with E-state index in [0.29, 0.717) is 26.1 Å². The van der Waals surface area contributed by atoms with Crippen molar-refractivity contribution in [3.8, 4) is 0 Å². The summed E-state index contributed by atoms with van der Waals surface area (Å²) in [5.41, 5.74) is 5.17. The second-order valence-corrected chi connectivity index (χ2v) is 3.24. The Morgan fingerprint density at radius 1 is 1.57 bits per heavy atom. The smallest absolute Gasteiger partial charge is 0.311 e. The van der Waals surface area contributed by atoms with Crippen LogP contribution in [0.5, 0.6) is 0 Å². The summed E-state index contributed by atoms with van der Waals surface area (Å²) in [6, 6.07) is 0. The lowest BCUT2D eigenvalue weighted by molar-refractivity contribution is -0.145. The first-order valence-corrected chi connectivity index (χ1v) is 4.60. The highest BCUT2D eigenvalue weighted by Crippen LogP contribution is 2.08. The van der Waals surface area contributed by atoms with E-state index < -0.39 is 17.9 Å². The van der Waals surface area contributed by atoms with Gasteiger partial charge < -0.3 is 21.1 Å². The second kappa shape index (κ2) is 4.92. The van der Waals surface area contributed by atoms with Crippen molar-refractivity contribution in [1.29, 1.82) is 0 Å². The Labute approximate surface area is 82.1 Å². The Hall–Kier alpha value is -1.14. The van der Waals surface area contributed by atoms with E-state index in [-0.39, 0.29) is 6.54 Å². The summed E-state index contributed by atoms with van der Waals surface area (Å²) < 4.78 is 0. The molecule has 0 bridgehead atoms. The number of aliphatic hydroxyl groups is 1. The van der Waals surface area contributed by atoms with Gasteiger partial charge in [-0.3, -0.25) is 9.59 Å². The van der Waals surface area contributed by atoms with E-state index in [1.165, 1.54) is 4.90 Å². The van der Waals surface area contributed by atoms with Crippen molar-refractivity contribution in [2.45, 2.75) is 12.5 Å². The van der Waals surface area contributed by atoms with E-state index in [4.69, 9.17) is 10.8 Å². The minimum Gasteiger partial charge on any atom is -0.391 e. The van der Waals surface area contributed by atoms with Gasteiger partial charge in [0.15, 0.2) is 0 Å². The number of hydrogen-bond donors (Lipinski definition) is 3. The average Bonchev–Trinajstić information content (AvgIpc) is 2.60. The molecule has 1 fully saturated rings. The maximum Gasteiger partial charge on any atom is 0.311 e. The van der Waals surface area contributed by atoms with Crippen LogP contribution in [0.3, 0.4) is 0 Å². The lowest BCUT2D eigenvalue weighted by Gasteiger charge is -2.14. The molecule has 1 aliphatic heterocycles. The number of nitrogens with zero attached hydrogens (tertiary/aromatic N) is 1. The van der Waals surface area contributed by atoms with Crippen molar-refractivity contribution >= 4 is 11.8 Å². The molecule has 1 rings (SSSR count). The number of nitrogens with one attached hydrogen (secondary N) is 1. The van der Waals surface area contributed by atoms with Gasteiger partial charge in [0.05, 0.1) is 6.10 Å². The Morgan fingerprint density at radius 3 is 2.79 bits per heavy atom. The van der Waals surface area contributed by atoms with Crippen molar-refractivity contribution in [2.75, 3.05) is 26.2 Å². The lowest BCUT2D eigenvalue weighted by atomic mass is 10.3. The predicted molar refractivity (Wildman–Crippen MR) is 49.3 cm³/mol. The van der Waals surface area contributed by atoms with Crippen LogP contribution < -0.4 is 11.1 Å². The average molecular weight is 201 g/mol. The molecule has 80 valence electrons. The molecule has 1 heterocycles. The quantitative estimate of drug-likeness (QED) is 0.436. The maximum absolute atomic E-state index is 11.4. The number of likely N-dealkylation sites (tertiary alicyclic amines) is 1. The number of aliphatic hydroxyl groups excluding tert-OH is 1. The van der Waals surface area contributed by atoms with Gasteiger partial charge in [-0.1, -0.05) is 0 Å². The number of carbonyl (C=O) groups is 2. The normalized spacial score (nSPS) is 21.0. The first-order valence-electron chi connectivity index (χ1n) is 4.60. The van der Waals surface area contributed by atoms with Crippen LogP contribution in [0.15, 0.2) is 0 Å². The zero-order valence-corrected chi connectivity index (χ0v) is 7.90. The van der Waals surface area contributed by atoms with Crippen LogP contribution in [0, 0.1) is 0 Å². The fraction of sp³-hybridized carbons (Fsp3) is 0.750. The summed E-state index contributed by atoms with van der Waals surface area (Å²) in [5.74, 6) is -1.24. The van der Waals surface area contributed by atoms with E-state index in [1.807, 2.05) is 0 Å². The van der Waals surface area contributed by atoms with Gasteiger partial charge in [0.25, 0.3) is 0 Å². The van der Waals surface area contributed by atoms with E-state index in [0.717, 1.165) is 0 Å².